The minimum absolute atomic E-state index is 0.00463. The van der Waals surface area contributed by atoms with E-state index in [9.17, 15) is 12.3 Å². The zero-order valence-corrected chi connectivity index (χ0v) is 7.30. The molecule has 1 aromatic heterocycles. The van der Waals surface area contributed by atoms with Crippen LogP contribution in [-0.4, -0.2) is 8.42 Å². The van der Waals surface area contributed by atoms with Crippen LogP contribution in [0.4, 0.5) is 8.89 Å². The largest absolute Gasteiger partial charge is 0.389 e. The third kappa shape index (κ3) is 1.69. The predicted molar refractivity (Wildman–Crippen MR) is 41.8 cm³/mol. The second-order valence-electron chi connectivity index (χ2n) is 2.02. The van der Waals surface area contributed by atoms with Crippen molar-refractivity contribution in [2.24, 2.45) is 0 Å². The predicted octanol–water partition coefficient (Wildman–Crippen LogP) is 1.30. The number of nitrogens with two attached hydrogens (primary N) is 1. The van der Waals surface area contributed by atoms with Gasteiger partial charge in [0.2, 0.25) is 0 Å². The second kappa shape index (κ2) is 2.46. The van der Waals surface area contributed by atoms with Gasteiger partial charge in [-0.2, -0.15) is 8.42 Å². The first-order chi connectivity index (χ1) is 4.91. The van der Waals surface area contributed by atoms with Gasteiger partial charge in [0.15, 0.2) is 0 Å². The summed E-state index contributed by atoms with van der Waals surface area (Å²) >= 11 is 1.05. The van der Waals surface area contributed by atoms with E-state index in [1.165, 1.54) is 6.07 Å². The topological polar surface area (TPSA) is 60.2 Å². The minimum atomic E-state index is -4.63. The molecule has 0 spiro atoms. The molecule has 0 saturated heterocycles. The molecule has 6 heteroatoms. The second-order valence-corrected chi connectivity index (χ2v) is 4.63. The zero-order valence-electron chi connectivity index (χ0n) is 5.67. The van der Waals surface area contributed by atoms with Crippen LogP contribution in [-0.2, 0) is 10.2 Å². The number of anilines is 1. The number of halogens is 1. The summed E-state index contributed by atoms with van der Waals surface area (Å²) in [5.74, 6) is 0. The van der Waals surface area contributed by atoms with Crippen LogP contribution >= 0.6 is 11.3 Å². The Morgan fingerprint density at radius 3 is 2.36 bits per heavy atom. The molecule has 0 amide bonds. The highest BCUT2D eigenvalue weighted by Crippen LogP contribution is 2.29. The monoisotopic (exact) mass is 195 g/mol. The van der Waals surface area contributed by atoms with Crippen LogP contribution in [0.15, 0.2) is 11.0 Å². The Kier molecular flexibility index (Phi) is 1.89. The first-order valence-corrected chi connectivity index (χ1v) is 4.92. The lowest BCUT2D eigenvalue weighted by molar-refractivity contribution is 0.553. The number of thiophene rings is 1. The van der Waals surface area contributed by atoms with E-state index in [1.54, 1.807) is 6.92 Å². The van der Waals surface area contributed by atoms with E-state index in [2.05, 4.69) is 0 Å². The van der Waals surface area contributed by atoms with Gasteiger partial charge in [0.25, 0.3) is 0 Å². The molecule has 0 radical (unpaired) electrons. The van der Waals surface area contributed by atoms with Crippen LogP contribution in [0.25, 0.3) is 0 Å². The first-order valence-electron chi connectivity index (χ1n) is 2.72. The molecule has 11 heavy (non-hydrogen) atoms. The van der Waals surface area contributed by atoms with Crippen molar-refractivity contribution in [3.05, 3.63) is 10.9 Å². The van der Waals surface area contributed by atoms with Crippen molar-refractivity contribution in [2.75, 3.05) is 5.73 Å². The lowest BCUT2D eigenvalue weighted by Crippen LogP contribution is -1.93. The third-order valence-electron chi connectivity index (χ3n) is 1.11. The van der Waals surface area contributed by atoms with Gasteiger partial charge >= 0.3 is 10.2 Å². The smallest absolute Gasteiger partial charge is 0.335 e. The summed E-state index contributed by atoms with van der Waals surface area (Å²) in [4.78, 5) is 0.263. The van der Waals surface area contributed by atoms with E-state index in [0.717, 1.165) is 11.3 Å². The van der Waals surface area contributed by atoms with Crippen LogP contribution in [0.5, 0.6) is 0 Å². The average Bonchev–Trinajstić information content (AvgIpc) is 2.08. The van der Waals surface area contributed by atoms with Crippen molar-refractivity contribution in [1.29, 1.82) is 0 Å². The van der Waals surface area contributed by atoms with Crippen molar-refractivity contribution in [1.82, 2.24) is 0 Å². The lowest BCUT2D eigenvalue weighted by atomic mass is 10.5. The Morgan fingerprint density at radius 2 is 2.18 bits per heavy atom. The highest BCUT2D eigenvalue weighted by atomic mass is 32.3. The maximum Gasteiger partial charge on any atom is 0.335 e. The van der Waals surface area contributed by atoms with Crippen LogP contribution in [0.2, 0.25) is 0 Å². The molecular weight excluding hydrogens is 189 g/mol. The van der Waals surface area contributed by atoms with Crippen molar-refractivity contribution in [3.8, 4) is 0 Å². The summed E-state index contributed by atoms with van der Waals surface area (Å²) in [5.41, 5.74) is 5.23. The van der Waals surface area contributed by atoms with Crippen molar-refractivity contribution < 1.29 is 12.3 Å². The average molecular weight is 195 g/mol. The van der Waals surface area contributed by atoms with E-state index >= 15 is 0 Å². The molecule has 0 unspecified atom stereocenters. The molecule has 1 aromatic rings. The SMILES string of the molecule is Cc1cc(S(=O)(=O)F)c(N)s1. The summed E-state index contributed by atoms with van der Waals surface area (Å²) in [5, 5.41) is 0.00463. The van der Waals surface area contributed by atoms with E-state index in [0.29, 0.717) is 4.88 Å². The number of aryl methyl sites for hydroxylation is 1. The molecule has 0 atom stereocenters. The highest BCUT2D eigenvalue weighted by Gasteiger charge is 2.17. The fourth-order valence-electron chi connectivity index (χ4n) is 0.699. The van der Waals surface area contributed by atoms with Gasteiger partial charge < -0.3 is 5.73 Å². The van der Waals surface area contributed by atoms with Crippen molar-refractivity contribution in [2.45, 2.75) is 11.8 Å². The molecule has 1 heterocycles. The zero-order chi connectivity index (χ0) is 8.65. The maximum atomic E-state index is 12.3. The van der Waals surface area contributed by atoms with E-state index in [4.69, 9.17) is 5.73 Å². The van der Waals surface area contributed by atoms with E-state index < -0.39 is 15.1 Å². The lowest BCUT2D eigenvalue weighted by Gasteiger charge is -1.88. The standard InChI is InChI=1S/C5H6FNO2S2/c1-3-2-4(5(7)10-3)11(6,8)9/h2H,7H2,1H3. The number of hydrogen-bond acceptors (Lipinski definition) is 4. The molecule has 0 aromatic carbocycles. The molecule has 0 aliphatic rings. The molecule has 0 aliphatic carbocycles. The fraction of sp³-hybridized carbons (Fsp3) is 0.200. The summed E-state index contributed by atoms with van der Waals surface area (Å²) < 4.78 is 32.9. The first kappa shape index (κ1) is 8.48. The summed E-state index contributed by atoms with van der Waals surface area (Å²) in [6, 6.07) is 1.22. The highest BCUT2D eigenvalue weighted by molar-refractivity contribution is 7.86. The molecule has 0 bridgehead atoms. The Balaban J connectivity index is 3.36. The Labute approximate surface area is 67.9 Å². The van der Waals surface area contributed by atoms with Crippen LogP contribution in [0, 0.1) is 6.92 Å². The Morgan fingerprint density at radius 1 is 1.64 bits per heavy atom. The molecule has 2 N–H and O–H groups in total. The van der Waals surface area contributed by atoms with Crippen LogP contribution in [0.3, 0.4) is 0 Å². The summed E-state index contributed by atoms with van der Waals surface area (Å²) in [7, 11) is -4.63. The van der Waals surface area contributed by atoms with Gasteiger partial charge in [0.05, 0.1) is 0 Å². The minimum Gasteiger partial charge on any atom is -0.389 e. The molecule has 0 saturated carbocycles. The van der Waals surface area contributed by atoms with Crippen molar-refractivity contribution in [3.63, 3.8) is 0 Å². The fourth-order valence-corrected chi connectivity index (χ4v) is 2.44. The molecule has 3 nitrogen and oxygen atoms in total. The molecular formula is C5H6FNO2S2. The normalized spacial score (nSPS) is 11.8. The molecule has 1 rings (SSSR count). The van der Waals surface area contributed by atoms with Gasteiger partial charge in [-0.1, -0.05) is 0 Å². The summed E-state index contributed by atoms with van der Waals surface area (Å²) in [6.45, 7) is 1.66. The van der Waals surface area contributed by atoms with Crippen LogP contribution < -0.4 is 5.73 Å². The molecule has 0 aliphatic heterocycles. The summed E-state index contributed by atoms with van der Waals surface area (Å²) in [6.07, 6.45) is 0. The Bertz CT molecular complexity index is 368. The van der Waals surface area contributed by atoms with Gasteiger partial charge in [-0.25, -0.2) is 0 Å². The quantitative estimate of drug-likeness (QED) is 0.687. The van der Waals surface area contributed by atoms with Gasteiger partial charge in [-0.05, 0) is 13.0 Å². The van der Waals surface area contributed by atoms with E-state index in [-0.39, 0.29) is 5.00 Å². The Hall–Kier alpha value is -0.620. The maximum absolute atomic E-state index is 12.3. The third-order valence-corrected chi connectivity index (χ3v) is 2.98. The number of hydrogen-bond donors (Lipinski definition) is 1. The van der Waals surface area contributed by atoms with Crippen LogP contribution in [0.1, 0.15) is 4.88 Å². The van der Waals surface area contributed by atoms with Gasteiger partial charge in [0.1, 0.15) is 9.90 Å². The van der Waals surface area contributed by atoms with Gasteiger partial charge in [0, 0.05) is 4.88 Å². The van der Waals surface area contributed by atoms with Crippen molar-refractivity contribution >= 4 is 26.6 Å². The van der Waals surface area contributed by atoms with Gasteiger partial charge in [-0.3, -0.25) is 0 Å². The van der Waals surface area contributed by atoms with E-state index in [1.807, 2.05) is 0 Å². The van der Waals surface area contributed by atoms with Gasteiger partial charge in [-0.15, -0.1) is 15.2 Å². The molecule has 0 fully saturated rings. The molecule has 62 valence electrons. The number of rotatable bonds is 1. The number of nitrogen functional groups attached to an aromatic ring is 1.